The number of hydrogen-bond donors (Lipinski definition) is 1. The molecule has 174 valence electrons. The van der Waals surface area contributed by atoms with Crippen LogP contribution in [0, 0.1) is 13.8 Å². The van der Waals surface area contributed by atoms with E-state index in [2.05, 4.69) is 21.2 Å². The van der Waals surface area contributed by atoms with Gasteiger partial charge < -0.3 is 4.57 Å². The number of hydrogen-bond acceptors (Lipinski definition) is 3. The topological polar surface area (TPSA) is 54.3 Å². The van der Waals surface area contributed by atoms with Crippen LogP contribution < -0.4 is 10.2 Å². The van der Waals surface area contributed by atoms with Crippen LogP contribution in [0.25, 0.3) is 11.8 Å². The number of carbonyl (C=O) groups excluding carboxylic acids is 2. The first kappa shape index (κ1) is 23.9. The molecule has 5 nitrogen and oxygen atoms in total. The molecule has 1 aliphatic heterocycles. The smallest absolute Gasteiger partial charge is 0.318 e. The van der Waals surface area contributed by atoms with Crippen LogP contribution in [0.3, 0.4) is 0 Å². The second kappa shape index (κ2) is 8.84. The van der Waals surface area contributed by atoms with Crippen molar-refractivity contribution in [1.82, 2.24) is 9.88 Å². The number of alkyl halides is 3. The maximum Gasteiger partial charge on any atom is 0.416 e. The Hall–Kier alpha value is -3.24. The molecule has 1 N–H and O–H groups in total. The summed E-state index contributed by atoms with van der Waals surface area (Å²) < 4.78 is 42.4. The Bertz CT molecular complexity index is 1360. The van der Waals surface area contributed by atoms with Gasteiger partial charge >= 0.3 is 6.18 Å². The van der Waals surface area contributed by atoms with Crippen LogP contribution in [0.1, 0.15) is 22.5 Å². The van der Waals surface area contributed by atoms with E-state index in [1.807, 2.05) is 48.7 Å². The number of amides is 2. The fraction of sp³-hybridized carbons (Fsp3) is 0.125. The van der Waals surface area contributed by atoms with Gasteiger partial charge in [0.2, 0.25) is 0 Å². The number of benzene rings is 2. The molecule has 0 bridgehead atoms. The monoisotopic (exact) mass is 547 g/mol. The fourth-order valence-electron chi connectivity index (χ4n) is 3.79. The van der Waals surface area contributed by atoms with Crippen molar-refractivity contribution in [1.29, 1.82) is 0 Å². The Morgan fingerprint density at radius 2 is 1.68 bits per heavy atom. The van der Waals surface area contributed by atoms with Gasteiger partial charge in [0, 0.05) is 21.5 Å². The van der Waals surface area contributed by atoms with Crippen molar-refractivity contribution in [2.75, 3.05) is 4.90 Å². The molecule has 10 heteroatoms. The summed E-state index contributed by atoms with van der Waals surface area (Å²) in [4.78, 5) is 26.8. The molecule has 0 aliphatic carbocycles. The number of nitrogens with zero attached hydrogens (tertiary/aromatic N) is 2. The SMILES string of the molecule is Cc1cc(/C=C2/C(=O)NC(=S)N(c3cccc(C(F)(F)F)c3)C2=O)c(C)n1-c1ccc(Br)cc1. The largest absolute Gasteiger partial charge is 0.416 e. The van der Waals surface area contributed by atoms with Gasteiger partial charge in [-0.3, -0.25) is 19.8 Å². The normalized spacial score (nSPS) is 15.8. The van der Waals surface area contributed by atoms with E-state index in [1.54, 1.807) is 0 Å². The van der Waals surface area contributed by atoms with Crippen molar-refractivity contribution < 1.29 is 22.8 Å². The molecule has 0 saturated carbocycles. The third-order valence-electron chi connectivity index (χ3n) is 5.39. The Morgan fingerprint density at radius 3 is 2.32 bits per heavy atom. The number of carbonyl (C=O) groups is 2. The summed E-state index contributed by atoms with van der Waals surface area (Å²) in [6.07, 6.45) is -3.17. The van der Waals surface area contributed by atoms with Crippen molar-refractivity contribution in [3.8, 4) is 5.69 Å². The zero-order valence-corrected chi connectivity index (χ0v) is 20.3. The van der Waals surface area contributed by atoms with Gasteiger partial charge in [0.1, 0.15) is 5.57 Å². The lowest BCUT2D eigenvalue weighted by Gasteiger charge is -2.29. The van der Waals surface area contributed by atoms with Crippen molar-refractivity contribution >= 4 is 56.8 Å². The van der Waals surface area contributed by atoms with Crippen LogP contribution in [-0.4, -0.2) is 21.5 Å². The molecule has 0 unspecified atom stereocenters. The third kappa shape index (κ3) is 4.43. The molecule has 34 heavy (non-hydrogen) atoms. The maximum absolute atomic E-state index is 13.2. The fourth-order valence-corrected chi connectivity index (χ4v) is 4.34. The zero-order valence-electron chi connectivity index (χ0n) is 17.9. The number of anilines is 1. The number of aromatic nitrogens is 1. The van der Waals surface area contributed by atoms with Gasteiger partial charge in [0.05, 0.1) is 11.3 Å². The molecule has 3 aromatic rings. The Balaban J connectivity index is 1.75. The number of nitrogens with one attached hydrogen (secondary N) is 1. The Kier molecular flexibility index (Phi) is 6.22. The summed E-state index contributed by atoms with van der Waals surface area (Å²) in [5, 5.41) is 2.12. The quantitative estimate of drug-likeness (QED) is 0.260. The number of aryl methyl sites for hydroxylation is 1. The van der Waals surface area contributed by atoms with E-state index in [0.29, 0.717) is 5.56 Å². The van der Waals surface area contributed by atoms with E-state index < -0.39 is 23.6 Å². The Labute approximate surface area is 207 Å². The van der Waals surface area contributed by atoms with E-state index in [9.17, 15) is 22.8 Å². The summed E-state index contributed by atoms with van der Waals surface area (Å²) in [5.74, 6) is -1.52. The average Bonchev–Trinajstić information content (AvgIpc) is 3.04. The van der Waals surface area contributed by atoms with Crippen molar-refractivity contribution in [3.63, 3.8) is 0 Å². The number of rotatable bonds is 3. The van der Waals surface area contributed by atoms with Gasteiger partial charge in [0.25, 0.3) is 11.8 Å². The van der Waals surface area contributed by atoms with Gasteiger partial charge in [-0.2, -0.15) is 13.2 Å². The molecular formula is C24H17BrF3N3O2S. The van der Waals surface area contributed by atoms with Crippen LogP contribution >= 0.6 is 28.1 Å². The first-order chi connectivity index (χ1) is 16.0. The van der Waals surface area contributed by atoms with Gasteiger partial charge in [-0.15, -0.1) is 0 Å². The standard InChI is InChI=1S/C24H17BrF3N3O2S/c1-13-10-15(14(2)30(13)18-8-6-17(25)7-9-18)11-20-21(32)29-23(34)31(22(20)33)19-5-3-4-16(12-19)24(26,27)28/h3-12H,1-2H3,(H,29,32,34)/b20-11-. The van der Waals surface area contributed by atoms with Crippen molar-refractivity contribution in [2.24, 2.45) is 0 Å². The predicted octanol–water partition coefficient (Wildman–Crippen LogP) is 5.71. The molecule has 1 saturated heterocycles. The zero-order chi connectivity index (χ0) is 24.8. The highest BCUT2D eigenvalue weighted by molar-refractivity contribution is 9.10. The summed E-state index contributed by atoms with van der Waals surface area (Å²) >= 11 is 8.51. The maximum atomic E-state index is 13.2. The number of halogens is 4. The molecule has 2 heterocycles. The molecule has 0 radical (unpaired) electrons. The average molecular weight is 548 g/mol. The van der Waals surface area contributed by atoms with Crippen molar-refractivity contribution in [2.45, 2.75) is 20.0 Å². The second-order valence-corrected chi connectivity index (χ2v) is 8.95. The van der Waals surface area contributed by atoms with E-state index in [-0.39, 0.29) is 16.4 Å². The molecular weight excluding hydrogens is 531 g/mol. The molecule has 1 aromatic heterocycles. The predicted molar refractivity (Wildman–Crippen MR) is 131 cm³/mol. The van der Waals surface area contributed by atoms with Gasteiger partial charge in [0.15, 0.2) is 5.11 Å². The van der Waals surface area contributed by atoms with E-state index in [0.717, 1.165) is 38.6 Å². The molecule has 1 aliphatic rings. The first-order valence-electron chi connectivity index (χ1n) is 10.0. The van der Waals surface area contributed by atoms with E-state index >= 15 is 0 Å². The molecule has 0 spiro atoms. The van der Waals surface area contributed by atoms with Crippen LogP contribution in [-0.2, 0) is 15.8 Å². The third-order valence-corrected chi connectivity index (χ3v) is 6.20. The highest BCUT2D eigenvalue weighted by Crippen LogP contribution is 2.33. The van der Waals surface area contributed by atoms with Gasteiger partial charge in [-0.25, -0.2) is 0 Å². The van der Waals surface area contributed by atoms with Crippen LogP contribution in [0.5, 0.6) is 0 Å². The Morgan fingerprint density at radius 1 is 1.00 bits per heavy atom. The van der Waals surface area contributed by atoms with E-state index in [1.165, 1.54) is 18.2 Å². The van der Waals surface area contributed by atoms with Crippen LogP contribution in [0.15, 0.2) is 64.6 Å². The summed E-state index contributed by atoms with van der Waals surface area (Å²) in [6, 6.07) is 13.7. The number of thiocarbonyl (C=S) groups is 1. The molecule has 2 aromatic carbocycles. The second-order valence-electron chi connectivity index (χ2n) is 7.64. The lowest BCUT2D eigenvalue weighted by atomic mass is 10.1. The summed E-state index contributed by atoms with van der Waals surface area (Å²) in [7, 11) is 0. The molecule has 4 rings (SSSR count). The highest BCUT2D eigenvalue weighted by Gasteiger charge is 2.36. The van der Waals surface area contributed by atoms with E-state index in [4.69, 9.17) is 12.2 Å². The lowest BCUT2D eigenvalue weighted by molar-refractivity contribution is -0.137. The molecule has 1 fully saturated rings. The minimum absolute atomic E-state index is 0.0870. The van der Waals surface area contributed by atoms with Crippen LogP contribution in [0.4, 0.5) is 18.9 Å². The minimum atomic E-state index is -4.59. The first-order valence-corrected chi connectivity index (χ1v) is 11.2. The lowest BCUT2D eigenvalue weighted by Crippen LogP contribution is -2.54. The summed E-state index contributed by atoms with van der Waals surface area (Å²) in [5.41, 5.74) is 1.93. The van der Waals surface area contributed by atoms with Crippen molar-refractivity contribution in [3.05, 3.63) is 87.2 Å². The van der Waals surface area contributed by atoms with Gasteiger partial charge in [-0.1, -0.05) is 22.0 Å². The molecule has 0 atom stereocenters. The highest BCUT2D eigenvalue weighted by atomic mass is 79.9. The van der Waals surface area contributed by atoms with Crippen LogP contribution in [0.2, 0.25) is 0 Å². The summed E-state index contributed by atoms with van der Waals surface area (Å²) in [6.45, 7) is 3.74. The minimum Gasteiger partial charge on any atom is -0.318 e. The van der Waals surface area contributed by atoms with Gasteiger partial charge in [-0.05, 0) is 86.2 Å². The molecule has 2 amide bonds.